The van der Waals surface area contributed by atoms with Gasteiger partial charge in [-0.25, -0.2) is 0 Å². The highest BCUT2D eigenvalue weighted by Gasteiger charge is 2.18. The Balaban J connectivity index is 1.97. The Morgan fingerprint density at radius 2 is 1.75 bits per heavy atom. The van der Waals surface area contributed by atoms with E-state index in [1.807, 2.05) is 50.2 Å². The maximum atomic E-state index is 12.4. The van der Waals surface area contributed by atoms with Crippen LogP contribution < -0.4 is 15.4 Å². The largest absolute Gasteiger partial charge is 0.496 e. The van der Waals surface area contributed by atoms with Crippen molar-refractivity contribution >= 4 is 11.6 Å². The first-order chi connectivity index (χ1) is 11.5. The van der Waals surface area contributed by atoms with E-state index < -0.39 is 0 Å². The maximum absolute atomic E-state index is 12.4. The number of hydrogen-bond acceptors (Lipinski definition) is 3. The number of hydrogen-bond donors (Lipinski definition) is 2. The summed E-state index contributed by atoms with van der Waals surface area (Å²) < 4.78 is 5.36. The summed E-state index contributed by atoms with van der Waals surface area (Å²) in [6.07, 6.45) is 1.01. The van der Waals surface area contributed by atoms with E-state index in [0.717, 1.165) is 23.4 Å². The Kier molecular flexibility index (Phi) is 6.24. The molecule has 0 aliphatic heterocycles. The van der Waals surface area contributed by atoms with Gasteiger partial charge in [-0.05, 0) is 44.0 Å². The fourth-order valence-corrected chi connectivity index (χ4v) is 2.59. The van der Waals surface area contributed by atoms with Crippen LogP contribution in [0.2, 0.25) is 0 Å². The summed E-state index contributed by atoms with van der Waals surface area (Å²) in [5.41, 5.74) is 3.19. The second-order valence-electron chi connectivity index (χ2n) is 5.89. The van der Waals surface area contributed by atoms with Crippen LogP contribution in [0, 0.1) is 0 Å². The molecular formula is C20H26N2O2. The number of rotatable bonds is 7. The van der Waals surface area contributed by atoms with Gasteiger partial charge in [-0.1, -0.05) is 37.3 Å². The molecule has 2 atom stereocenters. The quantitative estimate of drug-likeness (QED) is 0.810. The molecule has 2 aromatic rings. The predicted molar refractivity (Wildman–Crippen MR) is 98.5 cm³/mol. The molecule has 0 radical (unpaired) electrons. The average molecular weight is 326 g/mol. The minimum atomic E-state index is -0.324. The number of anilines is 1. The van der Waals surface area contributed by atoms with Gasteiger partial charge in [0, 0.05) is 11.3 Å². The molecular weight excluding hydrogens is 300 g/mol. The van der Waals surface area contributed by atoms with Crippen molar-refractivity contribution in [2.45, 2.75) is 39.3 Å². The fourth-order valence-electron chi connectivity index (χ4n) is 2.59. The Bertz CT molecular complexity index is 668. The lowest BCUT2D eigenvalue weighted by Crippen LogP contribution is -2.38. The van der Waals surface area contributed by atoms with Crippen LogP contribution in [0.4, 0.5) is 5.69 Å². The van der Waals surface area contributed by atoms with Gasteiger partial charge in [0.2, 0.25) is 5.91 Å². The lowest BCUT2D eigenvalue weighted by molar-refractivity contribution is -0.122. The molecule has 1 amide bonds. The van der Waals surface area contributed by atoms with Gasteiger partial charge < -0.3 is 15.4 Å². The molecule has 0 spiro atoms. The molecule has 4 nitrogen and oxygen atoms in total. The Morgan fingerprint density at radius 1 is 1.08 bits per heavy atom. The first kappa shape index (κ1) is 17.9. The summed E-state index contributed by atoms with van der Waals surface area (Å²) in [6.45, 7) is 5.94. The van der Waals surface area contributed by atoms with Crippen molar-refractivity contribution in [3.8, 4) is 5.75 Å². The van der Waals surface area contributed by atoms with Crippen molar-refractivity contribution < 1.29 is 9.53 Å². The van der Waals surface area contributed by atoms with Gasteiger partial charge in [-0.15, -0.1) is 0 Å². The van der Waals surface area contributed by atoms with Crippen molar-refractivity contribution in [3.63, 3.8) is 0 Å². The minimum Gasteiger partial charge on any atom is -0.496 e. The zero-order valence-corrected chi connectivity index (χ0v) is 14.8. The van der Waals surface area contributed by atoms with Gasteiger partial charge >= 0.3 is 0 Å². The van der Waals surface area contributed by atoms with Crippen molar-refractivity contribution in [3.05, 3.63) is 59.7 Å². The van der Waals surface area contributed by atoms with Gasteiger partial charge in [0.05, 0.1) is 13.2 Å². The third-order valence-electron chi connectivity index (χ3n) is 4.10. The fraction of sp³-hybridized carbons (Fsp3) is 0.350. The highest BCUT2D eigenvalue weighted by Crippen LogP contribution is 2.24. The van der Waals surface area contributed by atoms with Crippen LogP contribution in [0.25, 0.3) is 0 Å². The monoisotopic (exact) mass is 326 g/mol. The topological polar surface area (TPSA) is 50.4 Å². The summed E-state index contributed by atoms with van der Waals surface area (Å²) in [4.78, 5) is 12.4. The van der Waals surface area contributed by atoms with Crippen LogP contribution in [-0.2, 0) is 11.2 Å². The van der Waals surface area contributed by atoms with E-state index in [1.165, 1.54) is 5.56 Å². The SMILES string of the molecule is CCc1ccc(NC(C)C(=O)NC(C)c2ccccc2OC)cc1. The third kappa shape index (κ3) is 4.51. The lowest BCUT2D eigenvalue weighted by Gasteiger charge is -2.21. The second kappa shape index (κ2) is 8.39. The number of carbonyl (C=O) groups excluding carboxylic acids is 1. The molecule has 0 aliphatic rings. The van der Waals surface area contributed by atoms with E-state index >= 15 is 0 Å². The molecule has 0 aromatic heterocycles. The minimum absolute atomic E-state index is 0.0482. The molecule has 2 rings (SSSR count). The molecule has 0 saturated carbocycles. The van der Waals surface area contributed by atoms with Gasteiger partial charge in [0.1, 0.15) is 11.8 Å². The van der Waals surface area contributed by atoms with Gasteiger partial charge in [-0.3, -0.25) is 4.79 Å². The van der Waals surface area contributed by atoms with E-state index in [-0.39, 0.29) is 18.0 Å². The number of nitrogens with one attached hydrogen (secondary N) is 2. The number of carbonyl (C=O) groups is 1. The van der Waals surface area contributed by atoms with E-state index in [9.17, 15) is 4.79 Å². The number of methoxy groups -OCH3 is 1. The van der Waals surface area contributed by atoms with E-state index in [1.54, 1.807) is 7.11 Å². The first-order valence-corrected chi connectivity index (χ1v) is 8.34. The number of aryl methyl sites for hydroxylation is 1. The third-order valence-corrected chi connectivity index (χ3v) is 4.10. The van der Waals surface area contributed by atoms with Crippen LogP contribution in [0.15, 0.2) is 48.5 Å². The summed E-state index contributed by atoms with van der Waals surface area (Å²) in [5, 5.41) is 6.27. The van der Waals surface area contributed by atoms with Crippen LogP contribution >= 0.6 is 0 Å². The Hall–Kier alpha value is -2.49. The van der Waals surface area contributed by atoms with Crippen molar-refractivity contribution in [1.82, 2.24) is 5.32 Å². The van der Waals surface area contributed by atoms with Crippen molar-refractivity contribution in [1.29, 1.82) is 0 Å². The predicted octanol–water partition coefficient (Wildman–Crippen LogP) is 3.94. The van der Waals surface area contributed by atoms with Gasteiger partial charge in [-0.2, -0.15) is 0 Å². The Morgan fingerprint density at radius 3 is 2.38 bits per heavy atom. The molecule has 2 aromatic carbocycles. The summed E-state index contributed by atoms with van der Waals surface area (Å²) >= 11 is 0. The normalized spacial score (nSPS) is 13.0. The zero-order chi connectivity index (χ0) is 17.5. The molecule has 2 N–H and O–H groups in total. The van der Waals surface area contributed by atoms with Gasteiger partial charge in [0.15, 0.2) is 0 Å². The zero-order valence-electron chi connectivity index (χ0n) is 14.8. The standard InChI is InChI=1S/C20H26N2O2/c1-5-16-10-12-17(13-11-16)21-15(3)20(23)22-14(2)18-8-6-7-9-19(18)24-4/h6-15,21H,5H2,1-4H3,(H,22,23). The summed E-state index contributed by atoms with van der Waals surface area (Å²) in [7, 11) is 1.64. The molecule has 24 heavy (non-hydrogen) atoms. The van der Waals surface area contributed by atoms with Crippen LogP contribution in [0.3, 0.4) is 0 Å². The van der Waals surface area contributed by atoms with Crippen LogP contribution in [-0.4, -0.2) is 19.1 Å². The average Bonchev–Trinajstić information content (AvgIpc) is 2.62. The van der Waals surface area contributed by atoms with Crippen LogP contribution in [0.1, 0.15) is 37.9 Å². The van der Waals surface area contributed by atoms with Crippen LogP contribution in [0.5, 0.6) is 5.75 Å². The molecule has 2 unspecified atom stereocenters. The van der Waals surface area contributed by atoms with Crippen molar-refractivity contribution in [2.24, 2.45) is 0 Å². The number of ether oxygens (including phenoxy) is 1. The van der Waals surface area contributed by atoms with E-state index in [4.69, 9.17) is 4.74 Å². The second-order valence-corrected chi connectivity index (χ2v) is 5.89. The molecule has 0 aliphatic carbocycles. The molecule has 128 valence electrons. The smallest absolute Gasteiger partial charge is 0.242 e. The van der Waals surface area contributed by atoms with Gasteiger partial charge in [0.25, 0.3) is 0 Å². The highest BCUT2D eigenvalue weighted by molar-refractivity contribution is 5.84. The molecule has 0 saturated heterocycles. The summed E-state index contributed by atoms with van der Waals surface area (Å²) in [5.74, 6) is 0.731. The lowest BCUT2D eigenvalue weighted by atomic mass is 10.1. The van der Waals surface area contributed by atoms with E-state index in [2.05, 4.69) is 29.7 Å². The number of benzene rings is 2. The molecule has 0 heterocycles. The maximum Gasteiger partial charge on any atom is 0.242 e. The van der Waals surface area contributed by atoms with E-state index in [0.29, 0.717) is 0 Å². The Labute approximate surface area is 144 Å². The number of amides is 1. The summed E-state index contributed by atoms with van der Waals surface area (Å²) in [6, 6.07) is 15.4. The highest BCUT2D eigenvalue weighted by atomic mass is 16.5. The molecule has 0 fully saturated rings. The molecule has 4 heteroatoms. The first-order valence-electron chi connectivity index (χ1n) is 8.34. The van der Waals surface area contributed by atoms with Crippen molar-refractivity contribution in [2.75, 3.05) is 12.4 Å². The number of para-hydroxylation sites is 1. The molecule has 0 bridgehead atoms.